The molecule has 0 N–H and O–H groups in total. The van der Waals surface area contributed by atoms with E-state index < -0.39 is 11.7 Å². The number of aryl methyl sites for hydroxylation is 1. The summed E-state index contributed by atoms with van der Waals surface area (Å²) in [6.07, 6.45) is -2.60. The van der Waals surface area contributed by atoms with Crippen molar-refractivity contribution in [2.75, 3.05) is 7.11 Å². The second-order valence-electron chi connectivity index (χ2n) is 8.43. The molecule has 4 rings (SSSR count). The van der Waals surface area contributed by atoms with Gasteiger partial charge in [0.15, 0.2) is 0 Å². The molecular weight excluding hydrogens is 453 g/mol. The molecule has 2 unspecified atom stereocenters. The van der Waals surface area contributed by atoms with E-state index in [1.54, 1.807) is 6.92 Å². The first kappa shape index (κ1) is 24.4. The standard InChI is InChI=1S/C29H25F3O3/c1-3-4-21(18-28(33)34-2)20-7-13-25(14-8-20)35-27-16-10-23-17-22(9-15-26(23)27)19-5-11-24(12-6-19)29(30,31)32/h5-9,11-15,17,21,27H,10,16,18H2,1-2H3. The second-order valence-corrected chi connectivity index (χ2v) is 8.43. The van der Waals surface area contributed by atoms with Gasteiger partial charge >= 0.3 is 12.1 Å². The third kappa shape index (κ3) is 5.68. The lowest BCUT2D eigenvalue weighted by Gasteiger charge is -2.17. The number of esters is 1. The summed E-state index contributed by atoms with van der Waals surface area (Å²) >= 11 is 0. The van der Waals surface area contributed by atoms with Gasteiger partial charge in [-0.05, 0) is 71.8 Å². The van der Waals surface area contributed by atoms with Crippen molar-refractivity contribution in [2.24, 2.45) is 0 Å². The normalized spacial score (nSPS) is 15.5. The quantitative estimate of drug-likeness (QED) is 0.280. The van der Waals surface area contributed by atoms with Crippen LogP contribution in [0.25, 0.3) is 11.1 Å². The van der Waals surface area contributed by atoms with Gasteiger partial charge in [0.1, 0.15) is 11.9 Å². The Hall–Kier alpha value is -3.72. The maximum Gasteiger partial charge on any atom is 0.416 e. The first-order valence-electron chi connectivity index (χ1n) is 11.3. The van der Waals surface area contributed by atoms with Crippen LogP contribution >= 0.6 is 0 Å². The minimum Gasteiger partial charge on any atom is -0.486 e. The van der Waals surface area contributed by atoms with Crippen LogP contribution in [0.1, 0.15) is 54.0 Å². The molecule has 0 heterocycles. The maximum absolute atomic E-state index is 12.8. The molecule has 0 aliphatic heterocycles. The number of carbonyl (C=O) groups excluding carboxylic acids is 1. The first-order valence-corrected chi connectivity index (χ1v) is 11.3. The number of halogens is 3. The number of rotatable bonds is 6. The van der Waals surface area contributed by atoms with Crippen LogP contribution in [0.5, 0.6) is 5.75 Å². The van der Waals surface area contributed by atoms with Gasteiger partial charge in [0.2, 0.25) is 0 Å². The van der Waals surface area contributed by atoms with Crippen molar-refractivity contribution in [1.82, 2.24) is 0 Å². The Balaban J connectivity index is 1.46. The van der Waals surface area contributed by atoms with Crippen molar-refractivity contribution in [3.8, 4) is 28.7 Å². The van der Waals surface area contributed by atoms with Gasteiger partial charge in [-0.1, -0.05) is 48.4 Å². The van der Waals surface area contributed by atoms with Crippen LogP contribution in [0.15, 0.2) is 66.7 Å². The van der Waals surface area contributed by atoms with E-state index in [4.69, 9.17) is 9.47 Å². The fraction of sp³-hybridized carbons (Fsp3) is 0.276. The van der Waals surface area contributed by atoms with Crippen LogP contribution in [0.2, 0.25) is 0 Å². The highest BCUT2D eigenvalue weighted by Gasteiger charge is 2.30. The molecule has 3 aromatic rings. The molecule has 3 aromatic carbocycles. The Morgan fingerprint density at radius 3 is 2.34 bits per heavy atom. The summed E-state index contributed by atoms with van der Waals surface area (Å²) in [4.78, 5) is 11.7. The smallest absolute Gasteiger partial charge is 0.416 e. The molecule has 3 nitrogen and oxygen atoms in total. The molecule has 0 aromatic heterocycles. The molecule has 6 heteroatoms. The van der Waals surface area contributed by atoms with E-state index in [-0.39, 0.29) is 24.4 Å². The fourth-order valence-corrected chi connectivity index (χ4v) is 4.35. The number of hydrogen-bond acceptors (Lipinski definition) is 3. The number of hydrogen-bond donors (Lipinski definition) is 0. The van der Waals surface area contributed by atoms with E-state index >= 15 is 0 Å². The van der Waals surface area contributed by atoms with Crippen molar-refractivity contribution in [1.29, 1.82) is 0 Å². The molecule has 1 aliphatic carbocycles. The largest absolute Gasteiger partial charge is 0.486 e. The molecule has 0 saturated carbocycles. The predicted molar refractivity (Wildman–Crippen MR) is 128 cm³/mol. The second kappa shape index (κ2) is 10.3. The number of benzene rings is 3. The Morgan fingerprint density at radius 1 is 1.03 bits per heavy atom. The van der Waals surface area contributed by atoms with Crippen LogP contribution in [-0.2, 0) is 22.1 Å². The van der Waals surface area contributed by atoms with Crippen LogP contribution < -0.4 is 4.74 Å². The zero-order valence-corrected chi connectivity index (χ0v) is 19.5. The molecule has 180 valence electrons. The lowest BCUT2D eigenvalue weighted by Crippen LogP contribution is -2.08. The summed E-state index contributed by atoms with van der Waals surface area (Å²) in [5.74, 6) is 6.09. The summed E-state index contributed by atoms with van der Waals surface area (Å²) in [6, 6.07) is 18.8. The third-order valence-corrected chi connectivity index (χ3v) is 6.19. The number of fused-ring (bicyclic) bond motifs is 1. The summed E-state index contributed by atoms with van der Waals surface area (Å²) in [5.41, 5.74) is 4.13. The van der Waals surface area contributed by atoms with Crippen LogP contribution in [-0.4, -0.2) is 13.1 Å². The molecule has 0 radical (unpaired) electrons. The van der Waals surface area contributed by atoms with Gasteiger partial charge in [0.25, 0.3) is 0 Å². The maximum atomic E-state index is 12.8. The Morgan fingerprint density at radius 2 is 1.71 bits per heavy atom. The minimum atomic E-state index is -4.34. The Bertz CT molecular complexity index is 1250. The van der Waals surface area contributed by atoms with Gasteiger partial charge in [0, 0.05) is 0 Å². The van der Waals surface area contributed by atoms with Crippen molar-refractivity contribution in [2.45, 2.75) is 44.4 Å². The lowest BCUT2D eigenvalue weighted by atomic mass is 9.96. The van der Waals surface area contributed by atoms with Crippen molar-refractivity contribution < 1.29 is 27.4 Å². The fourth-order valence-electron chi connectivity index (χ4n) is 4.35. The molecule has 35 heavy (non-hydrogen) atoms. The summed E-state index contributed by atoms with van der Waals surface area (Å²) in [5, 5.41) is 0. The van der Waals surface area contributed by atoms with Crippen LogP contribution in [0, 0.1) is 11.8 Å². The lowest BCUT2D eigenvalue weighted by molar-refractivity contribution is -0.141. The average molecular weight is 479 g/mol. The monoisotopic (exact) mass is 478 g/mol. The highest BCUT2D eigenvalue weighted by molar-refractivity contribution is 5.71. The van der Waals surface area contributed by atoms with E-state index in [1.807, 2.05) is 42.5 Å². The van der Waals surface area contributed by atoms with Gasteiger partial charge in [-0.25, -0.2) is 0 Å². The van der Waals surface area contributed by atoms with Gasteiger partial charge in [0.05, 0.1) is 25.0 Å². The van der Waals surface area contributed by atoms with Gasteiger partial charge in [-0.3, -0.25) is 4.79 Å². The average Bonchev–Trinajstić information content (AvgIpc) is 3.25. The zero-order valence-electron chi connectivity index (χ0n) is 19.5. The van der Waals surface area contributed by atoms with E-state index in [0.29, 0.717) is 0 Å². The number of carbonyl (C=O) groups is 1. The van der Waals surface area contributed by atoms with Crippen LogP contribution in [0.3, 0.4) is 0 Å². The number of ether oxygens (including phenoxy) is 2. The van der Waals surface area contributed by atoms with E-state index in [9.17, 15) is 18.0 Å². The van der Waals surface area contributed by atoms with Gasteiger partial charge in [-0.15, -0.1) is 5.92 Å². The zero-order chi connectivity index (χ0) is 25.0. The predicted octanol–water partition coefficient (Wildman–Crippen LogP) is 7.11. The Labute approximate surface area is 202 Å². The van der Waals surface area contributed by atoms with E-state index in [0.717, 1.165) is 58.5 Å². The molecule has 0 spiro atoms. The highest BCUT2D eigenvalue weighted by atomic mass is 19.4. The van der Waals surface area contributed by atoms with Gasteiger partial charge in [-0.2, -0.15) is 13.2 Å². The SMILES string of the molecule is CC#CC(CC(=O)OC)c1ccc(OC2CCc3cc(-c4ccc(C(F)(F)F)cc4)ccc32)cc1. The number of methoxy groups -OCH3 is 1. The summed E-state index contributed by atoms with van der Waals surface area (Å²) < 4.78 is 49.6. The topological polar surface area (TPSA) is 35.5 Å². The van der Waals surface area contributed by atoms with Crippen molar-refractivity contribution >= 4 is 5.97 Å². The van der Waals surface area contributed by atoms with Crippen LogP contribution in [0.4, 0.5) is 13.2 Å². The number of alkyl halides is 3. The molecular formula is C29H25F3O3. The molecule has 0 bridgehead atoms. The van der Waals surface area contributed by atoms with Gasteiger partial charge < -0.3 is 9.47 Å². The first-order chi connectivity index (χ1) is 16.8. The molecule has 0 amide bonds. The van der Waals surface area contributed by atoms with Crippen molar-refractivity contribution in [3.05, 3.63) is 89.0 Å². The van der Waals surface area contributed by atoms with E-state index in [1.165, 1.54) is 19.2 Å². The highest BCUT2D eigenvalue weighted by Crippen LogP contribution is 2.38. The summed E-state index contributed by atoms with van der Waals surface area (Å²) in [7, 11) is 1.36. The van der Waals surface area contributed by atoms with Crippen molar-refractivity contribution in [3.63, 3.8) is 0 Å². The summed E-state index contributed by atoms with van der Waals surface area (Å²) in [6.45, 7) is 1.74. The minimum absolute atomic E-state index is 0.0983. The molecule has 1 aliphatic rings. The molecule has 0 saturated heterocycles. The third-order valence-electron chi connectivity index (χ3n) is 6.19. The molecule has 0 fully saturated rings. The molecule has 2 atom stereocenters. The Kier molecular flexibility index (Phi) is 7.16. The van der Waals surface area contributed by atoms with E-state index in [2.05, 4.69) is 11.8 Å².